The molecule has 0 fully saturated rings. The number of hydrogen-bond acceptors (Lipinski definition) is 0. The summed E-state index contributed by atoms with van der Waals surface area (Å²) in [7, 11) is 0. The maximum atomic E-state index is 3.33. The zero-order valence-electron chi connectivity index (χ0n) is 17.0. The van der Waals surface area contributed by atoms with E-state index in [-0.39, 0.29) is 17.0 Å². The van der Waals surface area contributed by atoms with E-state index in [0.717, 1.165) is 0 Å². The quantitative estimate of drug-likeness (QED) is 0.123. The fourth-order valence-electron chi connectivity index (χ4n) is 3.07. The van der Waals surface area contributed by atoms with Crippen molar-refractivity contribution in [1.29, 1.82) is 0 Å². The Morgan fingerprint density at radius 1 is 0.593 bits per heavy atom. The molecule has 0 N–H and O–H groups in total. The van der Waals surface area contributed by atoms with Crippen molar-refractivity contribution in [2.24, 2.45) is 0 Å². The summed E-state index contributed by atoms with van der Waals surface area (Å²) in [6.07, 6.45) is 24.4. The molecule has 0 saturated carbocycles. The predicted octanol–water partition coefficient (Wildman–Crippen LogP) is 5.62. The molecule has 0 radical (unpaired) electrons. The summed E-state index contributed by atoms with van der Waals surface area (Å²) in [5.41, 5.74) is 0. The molecule has 0 atom stereocenters. The first kappa shape index (κ1) is 31.2. The van der Waals surface area contributed by atoms with Crippen LogP contribution in [-0.2, 0) is 6.54 Å². The molecule has 1 aromatic rings. The molecule has 0 spiro atoms. The molecule has 0 aliphatic carbocycles. The Hall–Kier alpha value is 1.99. The minimum atomic E-state index is -1.28. The van der Waals surface area contributed by atoms with Gasteiger partial charge in [0.15, 0.2) is 12.4 Å². The Labute approximate surface area is 204 Å². The van der Waals surface area contributed by atoms with Gasteiger partial charge in [0, 0.05) is 18.6 Å². The summed E-state index contributed by atoms with van der Waals surface area (Å²) in [5.74, 6) is 0. The maximum absolute atomic E-state index is 3.33. The fourth-order valence-corrected chi connectivity index (χ4v) is 3.07. The average molecular weight is 829 g/mol. The Kier molecular flexibility index (Phi) is 30.1. The number of aromatic nitrogens is 1. The standard InChI is InChI=1S/C21H38N.4BrH.Tl/c1-2-3-4-5-6-7-8-9-10-11-12-13-14-16-19-22-20-17-15-18-21-22;;;;;/h15,17-18,20-21H,2-14,16,19H2,1H3;4*1H;/q+1;;;;;+3/p-4. The average Bonchev–Trinajstić information content (AvgIpc) is 2.62. The van der Waals surface area contributed by atoms with Gasteiger partial charge in [-0.25, -0.2) is 4.57 Å². The summed E-state index contributed by atoms with van der Waals surface area (Å²) in [6, 6.07) is 6.31. The summed E-state index contributed by atoms with van der Waals surface area (Å²) in [5, 5.41) is 0. The molecule has 0 aromatic carbocycles. The molecule has 1 nitrogen and oxygen atoms in total. The zero-order valence-corrected chi connectivity index (χ0v) is 27.9. The summed E-state index contributed by atoms with van der Waals surface area (Å²) in [4.78, 5) is 0. The van der Waals surface area contributed by atoms with Gasteiger partial charge in [0.1, 0.15) is 6.54 Å². The Morgan fingerprint density at radius 2 is 0.926 bits per heavy atom. The monoisotopic (exact) mass is 825 g/mol. The van der Waals surface area contributed by atoms with Crippen LogP contribution in [0.3, 0.4) is 0 Å². The molecule has 27 heavy (non-hydrogen) atoms. The molecule has 1 aromatic heterocycles. The van der Waals surface area contributed by atoms with Gasteiger partial charge >= 0.3 is 51.4 Å². The molecule has 1 rings (SSSR count). The molecule has 158 valence electrons. The van der Waals surface area contributed by atoms with Crippen molar-refractivity contribution in [3.8, 4) is 0 Å². The van der Waals surface area contributed by atoms with E-state index in [1.54, 1.807) is 0 Å². The van der Waals surface area contributed by atoms with Gasteiger partial charge in [-0.15, -0.1) is 0 Å². The van der Waals surface area contributed by atoms with Crippen LogP contribution in [0, 0.1) is 0 Å². The second kappa shape index (κ2) is 26.0. The van der Waals surface area contributed by atoms with E-state index < -0.39 is 15.5 Å². The molecule has 1 heterocycles. The van der Waals surface area contributed by atoms with Gasteiger partial charge in [0.05, 0.1) is 0 Å². The van der Waals surface area contributed by atoms with E-state index in [2.05, 4.69) is 78.0 Å². The minimum absolute atomic E-state index is 0. The SMILES string of the molecule is CCCCCCCCCCCCCCCC[n+]1ccccc1.[Br-].[Br][Tl]([Br])[Br]. The van der Waals surface area contributed by atoms with E-state index in [0.29, 0.717) is 0 Å². The molecule has 0 amide bonds. The number of rotatable bonds is 15. The van der Waals surface area contributed by atoms with Crippen molar-refractivity contribution in [3.63, 3.8) is 0 Å². The third-order valence-corrected chi connectivity index (χ3v) is 4.55. The number of unbranched alkanes of at least 4 members (excludes halogenated alkanes) is 13. The number of hydrogen-bond donors (Lipinski definition) is 0. The number of halogens is 4. The molecule has 0 bridgehead atoms. The predicted molar refractivity (Wildman–Crippen MR) is 129 cm³/mol. The second-order valence-corrected chi connectivity index (χ2v) is 65.3. The van der Waals surface area contributed by atoms with Crippen molar-refractivity contribution < 1.29 is 21.5 Å². The van der Waals surface area contributed by atoms with Gasteiger partial charge in [-0.3, -0.25) is 0 Å². The number of aryl methyl sites for hydroxylation is 1. The van der Waals surface area contributed by atoms with Crippen LogP contribution < -0.4 is 21.5 Å². The van der Waals surface area contributed by atoms with Gasteiger partial charge in [-0.2, -0.15) is 0 Å². The van der Waals surface area contributed by atoms with Crippen LogP contribution in [0.5, 0.6) is 0 Å². The van der Waals surface area contributed by atoms with Crippen LogP contribution in [0.25, 0.3) is 0 Å². The van der Waals surface area contributed by atoms with Gasteiger partial charge in [-0.1, -0.05) is 90.0 Å². The van der Waals surface area contributed by atoms with Crippen LogP contribution in [-0.4, -0.2) is 15.5 Å². The first-order valence-corrected chi connectivity index (χ1v) is 39.7. The molecule has 6 heteroatoms. The molecule has 0 saturated heterocycles. The van der Waals surface area contributed by atoms with E-state index in [9.17, 15) is 0 Å². The summed E-state index contributed by atoms with van der Waals surface area (Å²) in [6.45, 7) is 3.47. The van der Waals surface area contributed by atoms with E-state index in [1.807, 2.05) is 0 Å². The van der Waals surface area contributed by atoms with E-state index >= 15 is 0 Å². The topological polar surface area (TPSA) is 3.88 Å². The normalized spacial score (nSPS) is 9.93. The van der Waals surface area contributed by atoms with Crippen molar-refractivity contribution in [1.82, 2.24) is 0 Å². The number of pyridine rings is 1. The summed E-state index contributed by atoms with van der Waals surface area (Å²) >= 11 is 8.69. The first-order chi connectivity index (χ1) is 12.7. The Morgan fingerprint density at radius 3 is 1.30 bits per heavy atom. The Bertz CT molecular complexity index is 377. The summed E-state index contributed by atoms with van der Waals surface area (Å²) < 4.78 is 2.29. The first-order valence-electron chi connectivity index (χ1n) is 10.5. The fraction of sp³-hybridized carbons (Fsp3) is 0.762. The molecular weight excluding hydrogens is 790 g/mol. The number of nitrogens with zero attached hydrogens (tertiary/aromatic N) is 1. The van der Waals surface area contributed by atoms with Crippen molar-refractivity contribution >= 4 is 51.4 Å². The molecule has 0 unspecified atom stereocenters. The van der Waals surface area contributed by atoms with Crippen molar-refractivity contribution in [2.45, 2.75) is 103 Å². The van der Waals surface area contributed by atoms with Crippen molar-refractivity contribution in [3.05, 3.63) is 30.6 Å². The third-order valence-electron chi connectivity index (χ3n) is 4.55. The van der Waals surface area contributed by atoms with Crippen LogP contribution in [0.15, 0.2) is 30.6 Å². The molecule has 0 aliphatic heterocycles. The second-order valence-electron chi connectivity index (χ2n) is 6.96. The van der Waals surface area contributed by atoms with Crippen LogP contribution in [0.4, 0.5) is 0 Å². The van der Waals surface area contributed by atoms with E-state index in [1.165, 1.54) is 96.4 Å². The van der Waals surface area contributed by atoms with Gasteiger partial charge in [0.2, 0.25) is 0 Å². The van der Waals surface area contributed by atoms with Crippen molar-refractivity contribution in [2.75, 3.05) is 0 Å². The van der Waals surface area contributed by atoms with Gasteiger partial charge in [0.25, 0.3) is 0 Å². The van der Waals surface area contributed by atoms with Gasteiger partial charge in [-0.05, 0) is 6.42 Å². The zero-order chi connectivity index (χ0) is 19.3. The Balaban J connectivity index is 0. The van der Waals surface area contributed by atoms with E-state index in [4.69, 9.17) is 0 Å². The third kappa shape index (κ3) is 28.0. The van der Waals surface area contributed by atoms with Crippen LogP contribution in [0.1, 0.15) is 96.8 Å². The molecule has 0 aliphatic rings. The van der Waals surface area contributed by atoms with Crippen LogP contribution in [0.2, 0.25) is 0 Å². The molecular formula is C21H38Br4NTl. The van der Waals surface area contributed by atoms with Gasteiger partial charge < -0.3 is 17.0 Å². The van der Waals surface area contributed by atoms with Crippen LogP contribution >= 0.6 is 36.0 Å².